The average Bonchev–Trinajstić information content (AvgIpc) is 3.03. The van der Waals surface area contributed by atoms with Crippen LogP contribution in [0.5, 0.6) is 0 Å². The Morgan fingerprint density at radius 3 is 2.44 bits per heavy atom. The van der Waals surface area contributed by atoms with Crippen molar-refractivity contribution in [3.8, 4) is 0 Å². The molecule has 6 rings (SSSR count). The number of nitrogens with zero attached hydrogens (tertiary/aromatic N) is 3. The van der Waals surface area contributed by atoms with Gasteiger partial charge in [0.15, 0.2) is 5.41 Å². The Morgan fingerprint density at radius 2 is 1.75 bits per heavy atom. The lowest BCUT2D eigenvalue weighted by Crippen LogP contribution is -2.73. The molecular formula is C27H28N4O5. The molecule has 2 aromatic carbocycles. The highest BCUT2D eigenvalue weighted by Gasteiger charge is 2.71. The second-order valence-corrected chi connectivity index (χ2v) is 11.8. The molecule has 0 radical (unpaired) electrons. The molecule has 9 nitrogen and oxygen atoms in total. The number of urea groups is 1. The molecule has 0 unspecified atom stereocenters. The van der Waals surface area contributed by atoms with Crippen molar-refractivity contribution in [3.63, 3.8) is 0 Å². The van der Waals surface area contributed by atoms with E-state index in [0.717, 1.165) is 29.8 Å². The fourth-order valence-corrected chi connectivity index (χ4v) is 7.94. The molecule has 1 saturated carbocycles. The number of carbonyl (C=O) groups is 3. The van der Waals surface area contributed by atoms with Gasteiger partial charge in [-0.15, -0.1) is 0 Å². The number of non-ortho nitro benzene ring substituents is 1. The van der Waals surface area contributed by atoms with Gasteiger partial charge in [0, 0.05) is 30.3 Å². The smallest absolute Gasteiger partial charge is 0.335 e. The van der Waals surface area contributed by atoms with E-state index < -0.39 is 34.2 Å². The summed E-state index contributed by atoms with van der Waals surface area (Å²) in [5, 5.41) is 14.1. The molecule has 36 heavy (non-hydrogen) atoms. The van der Waals surface area contributed by atoms with Crippen molar-refractivity contribution in [2.24, 2.45) is 16.2 Å². The van der Waals surface area contributed by atoms with Gasteiger partial charge in [-0.05, 0) is 53.9 Å². The largest absolute Gasteiger partial charge is 0.363 e. The van der Waals surface area contributed by atoms with Crippen LogP contribution in [0.25, 0.3) is 0 Å². The van der Waals surface area contributed by atoms with Crippen LogP contribution in [0.4, 0.5) is 21.9 Å². The standard InChI is InChI=1S/C27H28N4O5/c1-25(2)13-19-14-26(3,15-25)21-27(12-16-11-18(31(35)36)9-10-20(16)29(19)21)22(32)28-24(34)30(23(27)33)17-7-5-4-6-8-17/h4-11,19,21H,12-15H2,1-3H3,(H,28,32,34)/t19-,21-,26-,27-/m0/s1. The summed E-state index contributed by atoms with van der Waals surface area (Å²) in [7, 11) is 0. The second kappa shape index (κ2) is 7.15. The topological polar surface area (TPSA) is 113 Å². The normalized spacial score (nSPS) is 32.2. The number of hydrogen-bond donors (Lipinski definition) is 1. The number of imide groups is 2. The number of para-hydroxylation sites is 1. The second-order valence-electron chi connectivity index (χ2n) is 11.8. The highest BCUT2D eigenvalue weighted by Crippen LogP contribution is 2.64. The Kier molecular flexibility index (Phi) is 4.51. The zero-order valence-corrected chi connectivity index (χ0v) is 20.5. The van der Waals surface area contributed by atoms with E-state index in [2.05, 4.69) is 31.0 Å². The SMILES string of the molecule is CC1(C)C[C@H]2C[C@@](C)(C1)[C@@H]1N2c2ccc([N+](=O)[O-])cc2C[C@@]12C(=O)NC(=O)N(c1ccccc1)C2=O. The minimum absolute atomic E-state index is 0.00476. The maximum atomic E-state index is 14.5. The highest BCUT2D eigenvalue weighted by molar-refractivity contribution is 6.30. The van der Waals surface area contributed by atoms with Crippen molar-refractivity contribution in [1.29, 1.82) is 0 Å². The number of nitro groups is 1. The predicted molar refractivity (Wildman–Crippen MR) is 132 cm³/mol. The van der Waals surface area contributed by atoms with E-state index in [1.165, 1.54) is 12.1 Å². The number of anilines is 2. The fourth-order valence-electron chi connectivity index (χ4n) is 7.94. The van der Waals surface area contributed by atoms with Crippen molar-refractivity contribution in [3.05, 3.63) is 64.2 Å². The van der Waals surface area contributed by atoms with Gasteiger partial charge in [-0.2, -0.15) is 0 Å². The maximum absolute atomic E-state index is 14.5. The van der Waals surface area contributed by atoms with Crippen LogP contribution in [0.2, 0.25) is 0 Å². The van der Waals surface area contributed by atoms with E-state index in [4.69, 9.17) is 0 Å². The number of barbiturate groups is 1. The Balaban J connectivity index is 1.60. The summed E-state index contributed by atoms with van der Waals surface area (Å²) in [6.45, 7) is 6.57. The third kappa shape index (κ3) is 2.91. The van der Waals surface area contributed by atoms with Gasteiger partial charge in [-0.1, -0.05) is 39.0 Å². The summed E-state index contributed by atoms with van der Waals surface area (Å²) in [6, 6.07) is 12.1. The molecule has 4 atom stereocenters. The van der Waals surface area contributed by atoms with Crippen LogP contribution in [0, 0.1) is 26.4 Å². The van der Waals surface area contributed by atoms with E-state index in [-0.39, 0.29) is 29.0 Å². The van der Waals surface area contributed by atoms with Crippen LogP contribution in [0.1, 0.15) is 45.6 Å². The lowest BCUT2D eigenvalue weighted by Gasteiger charge is -2.53. The highest BCUT2D eigenvalue weighted by atomic mass is 16.6. The molecule has 1 spiro atoms. The van der Waals surface area contributed by atoms with E-state index in [0.29, 0.717) is 11.3 Å². The number of benzene rings is 2. The first-order chi connectivity index (χ1) is 17.0. The lowest BCUT2D eigenvalue weighted by atomic mass is 9.56. The van der Waals surface area contributed by atoms with Gasteiger partial charge >= 0.3 is 6.03 Å². The van der Waals surface area contributed by atoms with Crippen molar-refractivity contribution in [2.75, 3.05) is 9.80 Å². The number of amides is 4. The number of nitro benzene ring substituents is 1. The number of hydrogen-bond acceptors (Lipinski definition) is 6. The molecule has 1 aliphatic carbocycles. The summed E-state index contributed by atoms with van der Waals surface area (Å²) in [5.41, 5.74) is -0.269. The van der Waals surface area contributed by atoms with Gasteiger partial charge in [0.25, 0.3) is 11.6 Å². The van der Waals surface area contributed by atoms with Gasteiger partial charge in [0.2, 0.25) is 5.91 Å². The van der Waals surface area contributed by atoms with Crippen molar-refractivity contribution in [1.82, 2.24) is 5.32 Å². The zero-order chi connectivity index (χ0) is 25.6. The van der Waals surface area contributed by atoms with Gasteiger partial charge in [0.05, 0.1) is 16.7 Å². The Hall–Kier alpha value is -3.75. The quantitative estimate of drug-likeness (QED) is 0.385. The molecule has 3 heterocycles. The van der Waals surface area contributed by atoms with Crippen LogP contribution in [0.15, 0.2) is 48.5 Å². The minimum atomic E-state index is -1.60. The molecule has 3 fully saturated rings. The average molecular weight is 489 g/mol. The number of rotatable bonds is 2. The van der Waals surface area contributed by atoms with E-state index in [1.807, 2.05) is 0 Å². The van der Waals surface area contributed by atoms with Crippen molar-refractivity contribution in [2.45, 2.75) is 58.5 Å². The predicted octanol–water partition coefficient (Wildman–Crippen LogP) is 4.19. The monoisotopic (exact) mass is 488 g/mol. The first-order valence-electron chi connectivity index (χ1n) is 12.3. The number of carbonyl (C=O) groups excluding carboxylic acids is 3. The van der Waals surface area contributed by atoms with E-state index in [1.54, 1.807) is 36.4 Å². The summed E-state index contributed by atoms with van der Waals surface area (Å²) in [6.07, 6.45) is 2.50. The summed E-state index contributed by atoms with van der Waals surface area (Å²) < 4.78 is 0. The van der Waals surface area contributed by atoms with E-state index >= 15 is 0 Å². The minimum Gasteiger partial charge on any atom is -0.363 e. The van der Waals surface area contributed by atoms with Crippen LogP contribution in [0.3, 0.4) is 0 Å². The third-order valence-electron chi connectivity index (χ3n) is 8.62. The molecule has 186 valence electrons. The molecule has 2 bridgehead atoms. The molecule has 4 amide bonds. The van der Waals surface area contributed by atoms with Gasteiger partial charge < -0.3 is 4.90 Å². The molecule has 3 aliphatic heterocycles. The first-order valence-corrected chi connectivity index (χ1v) is 12.3. The van der Waals surface area contributed by atoms with Gasteiger partial charge in [-0.3, -0.25) is 25.0 Å². The lowest BCUT2D eigenvalue weighted by molar-refractivity contribution is -0.384. The molecular weight excluding hydrogens is 460 g/mol. The fraction of sp³-hybridized carbons (Fsp3) is 0.444. The van der Waals surface area contributed by atoms with Gasteiger partial charge in [0.1, 0.15) is 0 Å². The van der Waals surface area contributed by atoms with Crippen LogP contribution >= 0.6 is 0 Å². The number of fused-ring (bicyclic) bond motifs is 8. The molecule has 1 N–H and O–H groups in total. The maximum Gasteiger partial charge on any atom is 0.335 e. The Bertz CT molecular complexity index is 1340. The van der Waals surface area contributed by atoms with Gasteiger partial charge in [-0.25, -0.2) is 9.69 Å². The number of nitrogens with one attached hydrogen (secondary N) is 1. The molecule has 0 aromatic heterocycles. The summed E-state index contributed by atoms with van der Waals surface area (Å²) in [4.78, 5) is 55.8. The zero-order valence-electron chi connectivity index (χ0n) is 20.5. The summed E-state index contributed by atoms with van der Waals surface area (Å²) >= 11 is 0. The molecule has 4 aliphatic rings. The molecule has 9 heteroatoms. The van der Waals surface area contributed by atoms with E-state index in [9.17, 15) is 24.5 Å². The molecule has 2 aromatic rings. The third-order valence-corrected chi connectivity index (χ3v) is 8.62. The van der Waals surface area contributed by atoms with Crippen molar-refractivity contribution < 1.29 is 19.3 Å². The van der Waals surface area contributed by atoms with Crippen molar-refractivity contribution >= 4 is 34.9 Å². The Labute approximate surface area is 208 Å². The molecule has 2 saturated heterocycles. The summed E-state index contributed by atoms with van der Waals surface area (Å²) in [5.74, 6) is -1.19. The van der Waals surface area contributed by atoms with Crippen LogP contribution in [-0.2, 0) is 16.0 Å². The van der Waals surface area contributed by atoms with Crippen LogP contribution < -0.4 is 15.1 Å². The van der Waals surface area contributed by atoms with Crippen LogP contribution in [-0.4, -0.2) is 34.9 Å². The first kappa shape index (κ1) is 22.7. The Morgan fingerprint density at radius 1 is 1.03 bits per heavy atom.